The first-order chi connectivity index (χ1) is 9.81. The molecule has 0 saturated carbocycles. The van der Waals surface area contributed by atoms with Crippen LogP contribution in [0.4, 0.5) is 5.69 Å². The molecule has 1 aliphatic rings. The zero-order valence-electron chi connectivity index (χ0n) is 13.2. The monoisotopic (exact) mass is 274 g/mol. The molecule has 1 aromatic carbocycles. The van der Waals surface area contributed by atoms with Crippen LogP contribution in [0.2, 0.25) is 0 Å². The van der Waals surface area contributed by atoms with Gasteiger partial charge in [0.2, 0.25) is 0 Å². The molecule has 1 fully saturated rings. The minimum Gasteiger partial charge on any atom is -0.382 e. The van der Waals surface area contributed by atoms with Crippen LogP contribution in [0, 0.1) is 0 Å². The first-order valence-corrected chi connectivity index (χ1v) is 8.39. The van der Waals surface area contributed by atoms with E-state index >= 15 is 0 Å². The lowest BCUT2D eigenvalue weighted by Gasteiger charge is -2.20. The lowest BCUT2D eigenvalue weighted by molar-refractivity contribution is 0.285. The summed E-state index contributed by atoms with van der Waals surface area (Å²) in [5.41, 5.74) is 2.74. The Hall–Kier alpha value is -1.02. The van der Waals surface area contributed by atoms with E-state index in [1.54, 1.807) is 0 Å². The number of likely N-dealkylation sites (tertiary alicyclic amines) is 1. The quantitative estimate of drug-likeness (QED) is 0.831. The van der Waals surface area contributed by atoms with Gasteiger partial charge in [-0.2, -0.15) is 0 Å². The molecular formula is C18H30N2. The Morgan fingerprint density at radius 3 is 2.55 bits per heavy atom. The highest BCUT2D eigenvalue weighted by Gasteiger charge is 2.16. The summed E-state index contributed by atoms with van der Waals surface area (Å²) in [4.78, 5) is 2.62. The van der Waals surface area contributed by atoms with E-state index in [1.807, 2.05) is 0 Å². The summed E-state index contributed by atoms with van der Waals surface area (Å²) in [6.45, 7) is 8.30. The lowest BCUT2D eigenvalue weighted by Crippen LogP contribution is -2.27. The van der Waals surface area contributed by atoms with Crippen molar-refractivity contribution < 1.29 is 0 Å². The molecular weight excluding hydrogens is 244 g/mol. The largest absolute Gasteiger partial charge is 0.382 e. The third-order valence-corrected chi connectivity index (χ3v) is 4.22. The first-order valence-electron chi connectivity index (χ1n) is 8.39. The van der Waals surface area contributed by atoms with E-state index in [0.29, 0.717) is 6.04 Å². The van der Waals surface area contributed by atoms with Crippen LogP contribution in [0.3, 0.4) is 0 Å². The van der Waals surface area contributed by atoms with Gasteiger partial charge >= 0.3 is 0 Å². The maximum atomic E-state index is 3.73. The number of rotatable bonds is 6. The predicted octanol–water partition coefficient (Wildman–Crippen LogP) is 4.32. The SMILES string of the molecule is CCCc1ccc(NC2CCCN(CCC)CC2)cc1. The summed E-state index contributed by atoms with van der Waals surface area (Å²) in [5.74, 6) is 0. The molecule has 1 N–H and O–H groups in total. The number of anilines is 1. The topological polar surface area (TPSA) is 15.3 Å². The molecule has 2 heteroatoms. The third kappa shape index (κ3) is 4.82. The number of aryl methyl sites for hydroxylation is 1. The van der Waals surface area contributed by atoms with Crippen LogP contribution >= 0.6 is 0 Å². The summed E-state index contributed by atoms with van der Waals surface area (Å²) in [5, 5.41) is 3.73. The van der Waals surface area contributed by atoms with Crippen LogP contribution in [0.15, 0.2) is 24.3 Å². The maximum absolute atomic E-state index is 3.73. The molecule has 0 spiro atoms. The summed E-state index contributed by atoms with van der Waals surface area (Å²) in [7, 11) is 0. The van der Waals surface area contributed by atoms with Crippen molar-refractivity contribution >= 4 is 5.69 Å². The molecule has 0 aliphatic carbocycles. The van der Waals surface area contributed by atoms with E-state index in [-0.39, 0.29) is 0 Å². The number of hydrogen-bond donors (Lipinski definition) is 1. The summed E-state index contributed by atoms with van der Waals surface area (Å²) in [6, 6.07) is 9.69. The summed E-state index contributed by atoms with van der Waals surface area (Å²) in [6.07, 6.45) is 7.59. The fourth-order valence-electron chi connectivity index (χ4n) is 3.13. The molecule has 1 unspecified atom stereocenters. The first kappa shape index (κ1) is 15.4. The van der Waals surface area contributed by atoms with Crippen LogP contribution in [-0.4, -0.2) is 30.6 Å². The Labute approximate surface area is 124 Å². The van der Waals surface area contributed by atoms with Crippen molar-refractivity contribution in [1.29, 1.82) is 0 Å². The van der Waals surface area contributed by atoms with Gasteiger partial charge in [0.05, 0.1) is 0 Å². The highest BCUT2D eigenvalue weighted by Crippen LogP contribution is 2.18. The molecule has 1 saturated heterocycles. The van der Waals surface area contributed by atoms with Crippen LogP contribution in [0.1, 0.15) is 51.5 Å². The molecule has 2 nitrogen and oxygen atoms in total. The van der Waals surface area contributed by atoms with Crippen molar-refractivity contribution in [1.82, 2.24) is 4.90 Å². The fraction of sp³-hybridized carbons (Fsp3) is 0.667. The van der Waals surface area contributed by atoms with Crippen molar-refractivity contribution in [3.05, 3.63) is 29.8 Å². The molecule has 1 aliphatic heterocycles. The van der Waals surface area contributed by atoms with Gasteiger partial charge in [-0.05, 0) is 62.9 Å². The second kappa shape index (κ2) is 8.31. The van der Waals surface area contributed by atoms with Gasteiger partial charge in [-0.15, -0.1) is 0 Å². The van der Waals surface area contributed by atoms with Crippen molar-refractivity contribution in [3.63, 3.8) is 0 Å². The molecule has 0 radical (unpaired) electrons. The number of nitrogens with one attached hydrogen (secondary N) is 1. The highest BCUT2D eigenvalue weighted by atomic mass is 15.1. The van der Waals surface area contributed by atoms with Crippen LogP contribution in [0.25, 0.3) is 0 Å². The zero-order chi connectivity index (χ0) is 14.2. The Kier molecular flexibility index (Phi) is 6.38. The molecule has 1 aromatic rings. The van der Waals surface area contributed by atoms with E-state index in [0.717, 1.165) is 0 Å². The summed E-state index contributed by atoms with van der Waals surface area (Å²) < 4.78 is 0. The number of nitrogens with zero attached hydrogens (tertiary/aromatic N) is 1. The molecule has 0 bridgehead atoms. The number of hydrogen-bond acceptors (Lipinski definition) is 2. The van der Waals surface area contributed by atoms with Crippen LogP contribution < -0.4 is 5.32 Å². The fourth-order valence-corrected chi connectivity index (χ4v) is 3.13. The van der Waals surface area contributed by atoms with Gasteiger partial charge in [0.15, 0.2) is 0 Å². The van der Waals surface area contributed by atoms with Gasteiger partial charge in [-0.3, -0.25) is 0 Å². The van der Waals surface area contributed by atoms with Gasteiger partial charge in [-0.25, -0.2) is 0 Å². The lowest BCUT2D eigenvalue weighted by atomic mass is 10.1. The second-order valence-electron chi connectivity index (χ2n) is 6.06. The van der Waals surface area contributed by atoms with E-state index in [1.165, 1.54) is 69.4 Å². The molecule has 1 atom stereocenters. The van der Waals surface area contributed by atoms with Crippen molar-refractivity contribution in [2.75, 3.05) is 25.0 Å². The van der Waals surface area contributed by atoms with Crippen molar-refractivity contribution in [2.45, 2.75) is 58.4 Å². The normalized spacial score (nSPS) is 20.6. The molecule has 1 heterocycles. The minimum absolute atomic E-state index is 0.647. The maximum Gasteiger partial charge on any atom is 0.0342 e. The zero-order valence-corrected chi connectivity index (χ0v) is 13.2. The average Bonchev–Trinajstić information content (AvgIpc) is 2.68. The van der Waals surface area contributed by atoms with Gasteiger partial charge in [-0.1, -0.05) is 32.4 Å². The second-order valence-corrected chi connectivity index (χ2v) is 6.06. The smallest absolute Gasteiger partial charge is 0.0342 e. The molecule has 2 rings (SSSR count). The van der Waals surface area contributed by atoms with Gasteiger partial charge in [0.25, 0.3) is 0 Å². The predicted molar refractivity (Wildman–Crippen MR) is 88.4 cm³/mol. The van der Waals surface area contributed by atoms with Crippen LogP contribution in [0.5, 0.6) is 0 Å². The van der Waals surface area contributed by atoms with Crippen LogP contribution in [-0.2, 0) is 6.42 Å². The van der Waals surface area contributed by atoms with E-state index in [4.69, 9.17) is 0 Å². The molecule has 20 heavy (non-hydrogen) atoms. The third-order valence-electron chi connectivity index (χ3n) is 4.22. The van der Waals surface area contributed by atoms with E-state index < -0.39 is 0 Å². The molecule has 0 aromatic heterocycles. The summed E-state index contributed by atoms with van der Waals surface area (Å²) >= 11 is 0. The minimum atomic E-state index is 0.647. The van der Waals surface area contributed by atoms with Crippen molar-refractivity contribution in [3.8, 4) is 0 Å². The van der Waals surface area contributed by atoms with E-state index in [9.17, 15) is 0 Å². The standard InChI is InChI=1S/C18H30N2/c1-3-6-16-8-10-18(11-9-16)19-17-7-5-14-20(13-4-2)15-12-17/h8-11,17,19H,3-7,12-15H2,1-2H3. The van der Waals surface area contributed by atoms with E-state index in [2.05, 4.69) is 48.3 Å². The Morgan fingerprint density at radius 1 is 1.05 bits per heavy atom. The molecule has 112 valence electrons. The average molecular weight is 274 g/mol. The van der Waals surface area contributed by atoms with Gasteiger partial charge < -0.3 is 10.2 Å². The molecule has 0 amide bonds. The Balaban J connectivity index is 1.83. The number of benzene rings is 1. The van der Waals surface area contributed by atoms with Crippen molar-refractivity contribution in [2.24, 2.45) is 0 Å². The van der Waals surface area contributed by atoms with Gasteiger partial charge in [0, 0.05) is 18.3 Å². The Morgan fingerprint density at radius 2 is 1.85 bits per heavy atom. The Bertz CT molecular complexity index is 372. The highest BCUT2D eigenvalue weighted by molar-refractivity contribution is 5.45. The van der Waals surface area contributed by atoms with Gasteiger partial charge in [0.1, 0.15) is 0 Å².